The number of halogens is 1. The first-order valence-electron chi connectivity index (χ1n) is 4.34. The van der Waals surface area contributed by atoms with Crippen molar-refractivity contribution < 1.29 is 5.11 Å². The Labute approximate surface area is 92.2 Å². The highest BCUT2D eigenvalue weighted by atomic mass is 79.9. The number of aryl methyl sites for hydroxylation is 1. The van der Waals surface area contributed by atoms with Gasteiger partial charge in [-0.15, -0.1) is 0 Å². The van der Waals surface area contributed by atoms with E-state index in [0.717, 1.165) is 15.6 Å². The molecule has 0 aliphatic heterocycles. The van der Waals surface area contributed by atoms with Crippen molar-refractivity contribution in [3.63, 3.8) is 0 Å². The number of benzene rings is 1. The average molecular weight is 259 g/mol. The van der Waals surface area contributed by atoms with Crippen molar-refractivity contribution in [2.45, 2.75) is 19.4 Å². The maximum atomic E-state index is 9.13. The molecule has 0 bridgehead atoms. The Morgan fingerprint density at radius 3 is 2.50 bits per heavy atom. The van der Waals surface area contributed by atoms with Crippen LogP contribution >= 0.6 is 15.9 Å². The van der Waals surface area contributed by atoms with Crippen LogP contribution in [0.4, 0.5) is 5.69 Å². The molecule has 0 saturated carbocycles. The fraction of sp³-hybridized carbons (Fsp3) is 0.400. The SMILES string of the molecule is Cc1cc([C@](C)(N)CO)cc(Br)c1N. The van der Waals surface area contributed by atoms with E-state index >= 15 is 0 Å². The molecule has 0 aliphatic carbocycles. The number of anilines is 1. The van der Waals surface area contributed by atoms with E-state index in [1.54, 1.807) is 6.92 Å². The molecular weight excluding hydrogens is 244 g/mol. The number of aliphatic hydroxyl groups excluding tert-OH is 1. The van der Waals surface area contributed by atoms with Gasteiger partial charge in [0.2, 0.25) is 0 Å². The van der Waals surface area contributed by atoms with Gasteiger partial charge in [0.15, 0.2) is 0 Å². The molecule has 0 aromatic heterocycles. The Balaban J connectivity index is 3.26. The van der Waals surface area contributed by atoms with Gasteiger partial charge in [0.25, 0.3) is 0 Å². The minimum absolute atomic E-state index is 0.0944. The summed E-state index contributed by atoms with van der Waals surface area (Å²) >= 11 is 3.36. The average Bonchev–Trinajstić information content (AvgIpc) is 2.13. The van der Waals surface area contributed by atoms with Gasteiger partial charge in [-0.05, 0) is 47.0 Å². The zero-order valence-electron chi connectivity index (χ0n) is 8.34. The molecule has 0 spiro atoms. The van der Waals surface area contributed by atoms with Crippen molar-refractivity contribution in [1.82, 2.24) is 0 Å². The van der Waals surface area contributed by atoms with E-state index in [4.69, 9.17) is 16.6 Å². The maximum Gasteiger partial charge on any atom is 0.0650 e. The van der Waals surface area contributed by atoms with E-state index < -0.39 is 5.54 Å². The Morgan fingerprint density at radius 2 is 2.07 bits per heavy atom. The van der Waals surface area contributed by atoms with Crippen LogP contribution in [0, 0.1) is 6.92 Å². The van der Waals surface area contributed by atoms with E-state index in [1.165, 1.54) is 0 Å². The number of rotatable bonds is 2. The van der Waals surface area contributed by atoms with Gasteiger partial charge in [-0.1, -0.05) is 6.07 Å². The second-order valence-corrected chi connectivity index (χ2v) is 4.62. The van der Waals surface area contributed by atoms with E-state index in [-0.39, 0.29) is 6.61 Å². The van der Waals surface area contributed by atoms with Gasteiger partial charge >= 0.3 is 0 Å². The fourth-order valence-electron chi connectivity index (χ4n) is 1.18. The van der Waals surface area contributed by atoms with Gasteiger partial charge in [0, 0.05) is 10.2 Å². The summed E-state index contributed by atoms with van der Waals surface area (Å²) in [6.45, 7) is 3.60. The number of nitrogen functional groups attached to an aromatic ring is 1. The minimum atomic E-state index is -0.721. The van der Waals surface area contributed by atoms with Crippen molar-refractivity contribution in [2.75, 3.05) is 12.3 Å². The third kappa shape index (κ3) is 2.08. The molecule has 5 N–H and O–H groups in total. The molecule has 0 unspecified atom stereocenters. The van der Waals surface area contributed by atoms with Gasteiger partial charge in [-0.2, -0.15) is 0 Å². The molecule has 1 atom stereocenters. The summed E-state index contributed by atoms with van der Waals surface area (Å²) in [6.07, 6.45) is 0. The Hall–Kier alpha value is -0.580. The van der Waals surface area contributed by atoms with Crippen LogP contribution in [0.25, 0.3) is 0 Å². The molecule has 0 amide bonds. The van der Waals surface area contributed by atoms with Gasteiger partial charge in [0.1, 0.15) is 0 Å². The normalized spacial score (nSPS) is 15.2. The third-order valence-electron chi connectivity index (χ3n) is 2.32. The lowest BCUT2D eigenvalue weighted by molar-refractivity contribution is 0.210. The molecule has 0 saturated heterocycles. The predicted molar refractivity (Wildman–Crippen MR) is 61.9 cm³/mol. The maximum absolute atomic E-state index is 9.13. The van der Waals surface area contributed by atoms with Crippen LogP contribution in [0.2, 0.25) is 0 Å². The van der Waals surface area contributed by atoms with Crippen LogP contribution in [0.1, 0.15) is 18.1 Å². The van der Waals surface area contributed by atoms with Crippen molar-refractivity contribution >= 4 is 21.6 Å². The summed E-state index contributed by atoms with van der Waals surface area (Å²) in [5.41, 5.74) is 13.5. The molecular formula is C10H15BrN2O. The number of hydrogen-bond acceptors (Lipinski definition) is 3. The Kier molecular flexibility index (Phi) is 3.19. The highest BCUT2D eigenvalue weighted by molar-refractivity contribution is 9.10. The molecule has 0 fully saturated rings. The lowest BCUT2D eigenvalue weighted by Gasteiger charge is -2.23. The summed E-state index contributed by atoms with van der Waals surface area (Å²) in [6, 6.07) is 3.74. The van der Waals surface area contributed by atoms with Crippen LogP contribution in [0.5, 0.6) is 0 Å². The monoisotopic (exact) mass is 258 g/mol. The molecule has 1 aromatic carbocycles. The fourth-order valence-corrected chi connectivity index (χ4v) is 1.74. The molecule has 4 heteroatoms. The van der Waals surface area contributed by atoms with Gasteiger partial charge in [-0.3, -0.25) is 0 Å². The first-order chi connectivity index (χ1) is 6.38. The van der Waals surface area contributed by atoms with Gasteiger partial charge in [0.05, 0.1) is 12.1 Å². The van der Waals surface area contributed by atoms with Crippen molar-refractivity contribution in [2.24, 2.45) is 5.73 Å². The van der Waals surface area contributed by atoms with Gasteiger partial charge in [-0.25, -0.2) is 0 Å². The minimum Gasteiger partial charge on any atom is -0.398 e. The summed E-state index contributed by atoms with van der Waals surface area (Å²) in [4.78, 5) is 0. The standard InChI is InChI=1S/C10H15BrN2O/c1-6-3-7(10(2,13)5-14)4-8(11)9(6)12/h3-4,14H,5,12-13H2,1-2H3/t10-/m1/s1. The van der Waals surface area contributed by atoms with E-state index in [0.29, 0.717) is 5.69 Å². The van der Waals surface area contributed by atoms with E-state index in [1.807, 2.05) is 19.1 Å². The molecule has 1 aromatic rings. The highest BCUT2D eigenvalue weighted by Gasteiger charge is 2.21. The second-order valence-electron chi connectivity index (χ2n) is 3.76. The molecule has 1 rings (SSSR count). The van der Waals surface area contributed by atoms with Crippen molar-refractivity contribution in [3.05, 3.63) is 27.7 Å². The first kappa shape index (κ1) is 11.5. The lowest BCUT2D eigenvalue weighted by Crippen LogP contribution is -2.37. The summed E-state index contributed by atoms with van der Waals surface area (Å²) in [5, 5.41) is 9.13. The Morgan fingerprint density at radius 1 is 1.50 bits per heavy atom. The summed E-state index contributed by atoms with van der Waals surface area (Å²) in [7, 11) is 0. The van der Waals surface area contributed by atoms with Crippen LogP contribution in [0.15, 0.2) is 16.6 Å². The van der Waals surface area contributed by atoms with Crippen molar-refractivity contribution in [1.29, 1.82) is 0 Å². The van der Waals surface area contributed by atoms with E-state index in [2.05, 4.69) is 15.9 Å². The van der Waals surface area contributed by atoms with Gasteiger partial charge < -0.3 is 16.6 Å². The zero-order chi connectivity index (χ0) is 10.9. The molecule has 3 nitrogen and oxygen atoms in total. The van der Waals surface area contributed by atoms with Crippen molar-refractivity contribution in [3.8, 4) is 0 Å². The number of nitrogens with two attached hydrogens (primary N) is 2. The van der Waals surface area contributed by atoms with Crippen LogP contribution in [0.3, 0.4) is 0 Å². The molecule has 78 valence electrons. The van der Waals surface area contributed by atoms with Crippen LogP contribution in [-0.4, -0.2) is 11.7 Å². The quantitative estimate of drug-likeness (QED) is 0.705. The topological polar surface area (TPSA) is 72.3 Å². The van der Waals surface area contributed by atoms with E-state index in [9.17, 15) is 0 Å². The molecule has 0 heterocycles. The second kappa shape index (κ2) is 3.88. The number of hydrogen-bond donors (Lipinski definition) is 3. The largest absolute Gasteiger partial charge is 0.398 e. The van der Waals surface area contributed by atoms with Crippen LogP contribution < -0.4 is 11.5 Å². The third-order valence-corrected chi connectivity index (χ3v) is 2.98. The molecule has 14 heavy (non-hydrogen) atoms. The highest BCUT2D eigenvalue weighted by Crippen LogP contribution is 2.29. The lowest BCUT2D eigenvalue weighted by atomic mass is 9.92. The predicted octanol–water partition coefficient (Wildman–Crippen LogP) is 1.51. The Bertz CT molecular complexity index is 327. The summed E-state index contributed by atoms with van der Waals surface area (Å²) < 4.78 is 0.817. The molecule has 0 aliphatic rings. The number of aliphatic hydroxyl groups is 1. The zero-order valence-corrected chi connectivity index (χ0v) is 9.93. The van der Waals surface area contributed by atoms with Crippen LogP contribution in [-0.2, 0) is 5.54 Å². The summed E-state index contributed by atoms with van der Waals surface area (Å²) in [5.74, 6) is 0. The first-order valence-corrected chi connectivity index (χ1v) is 5.13. The smallest absolute Gasteiger partial charge is 0.0650 e. The molecule has 0 radical (unpaired) electrons.